The van der Waals surface area contributed by atoms with Crippen molar-refractivity contribution in [2.24, 2.45) is 7.05 Å². The molecule has 1 saturated heterocycles. The molecule has 142 valence electrons. The molecule has 0 saturated carbocycles. The zero-order chi connectivity index (χ0) is 19.0. The average Bonchev–Trinajstić information content (AvgIpc) is 2.94. The highest BCUT2D eigenvalue weighted by atomic mass is 15.3. The second kappa shape index (κ2) is 7.24. The Labute approximate surface area is 161 Å². The molecule has 3 aromatic rings. The number of hydrogen-bond donors (Lipinski definition) is 0. The Morgan fingerprint density at radius 3 is 2.37 bits per heavy atom. The molecule has 4 rings (SSSR count). The predicted octanol–water partition coefficient (Wildman–Crippen LogP) is 3.27. The molecular weight excluding hydrogens is 334 g/mol. The van der Waals surface area contributed by atoms with E-state index in [0.717, 1.165) is 38.4 Å². The minimum atomic E-state index is 1.04. The fourth-order valence-electron chi connectivity index (χ4n) is 4.30. The van der Waals surface area contributed by atoms with Crippen LogP contribution in [0.25, 0.3) is 11.0 Å². The summed E-state index contributed by atoms with van der Waals surface area (Å²) in [4.78, 5) is 11.9. The Balaban J connectivity index is 1.56. The second-order valence-electron chi connectivity index (χ2n) is 7.68. The molecule has 1 aromatic carbocycles. The summed E-state index contributed by atoms with van der Waals surface area (Å²) in [6, 6.07) is 12.9. The zero-order valence-electron chi connectivity index (χ0n) is 16.8. The van der Waals surface area contributed by atoms with Gasteiger partial charge in [0.1, 0.15) is 11.5 Å². The SMILES string of the molecule is Cc1c(N2CCN(Cc3ccccc3)CC2)n(C)c2nccc(N(C)C)c12. The van der Waals surface area contributed by atoms with Gasteiger partial charge in [-0.2, -0.15) is 0 Å². The van der Waals surface area contributed by atoms with Gasteiger partial charge in [0.2, 0.25) is 0 Å². The van der Waals surface area contributed by atoms with Gasteiger partial charge in [-0.25, -0.2) is 4.98 Å². The summed E-state index contributed by atoms with van der Waals surface area (Å²) in [5.74, 6) is 1.31. The normalized spacial score (nSPS) is 15.5. The number of aryl methyl sites for hydroxylation is 2. The van der Waals surface area contributed by atoms with Crippen molar-refractivity contribution in [1.29, 1.82) is 0 Å². The molecule has 0 N–H and O–H groups in total. The van der Waals surface area contributed by atoms with E-state index in [9.17, 15) is 0 Å². The number of rotatable bonds is 4. The van der Waals surface area contributed by atoms with E-state index in [1.807, 2.05) is 6.20 Å². The molecule has 1 fully saturated rings. The van der Waals surface area contributed by atoms with Crippen LogP contribution in [0.3, 0.4) is 0 Å². The molecule has 5 heteroatoms. The molecule has 0 unspecified atom stereocenters. The third-order valence-electron chi connectivity index (χ3n) is 5.66. The quantitative estimate of drug-likeness (QED) is 0.711. The molecule has 0 spiro atoms. The lowest BCUT2D eigenvalue weighted by molar-refractivity contribution is 0.249. The Morgan fingerprint density at radius 2 is 1.70 bits per heavy atom. The number of pyridine rings is 1. The maximum atomic E-state index is 4.67. The van der Waals surface area contributed by atoms with Crippen LogP contribution in [0.15, 0.2) is 42.6 Å². The molecule has 1 aliphatic rings. The van der Waals surface area contributed by atoms with Gasteiger partial charge in [-0.1, -0.05) is 30.3 Å². The molecule has 0 bridgehead atoms. The van der Waals surface area contributed by atoms with Gasteiger partial charge < -0.3 is 14.4 Å². The lowest BCUT2D eigenvalue weighted by atomic mass is 10.1. The molecular formula is C22H29N5. The summed E-state index contributed by atoms with van der Waals surface area (Å²) in [6.07, 6.45) is 1.92. The Kier molecular flexibility index (Phi) is 4.79. The molecule has 3 heterocycles. The fourth-order valence-corrected chi connectivity index (χ4v) is 4.30. The van der Waals surface area contributed by atoms with Crippen LogP contribution >= 0.6 is 0 Å². The van der Waals surface area contributed by atoms with Crippen molar-refractivity contribution in [2.75, 3.05) is 50.1 Å². The van der Waals surface area contributed by atoms with Gasteiger partial charge in [-0.15, -0.1) is 0 Å². The van der Waals surface area contributed by atoms with Gasteiger partial charge in [0.15, 0.2) is 0 Å². The van der Waals surface area contributed by atoms with Crippen molar-refractivity contribution in [3.8, 4) is 0 Å². The molecule has 0 amide bonds. The van der Waals surface area contributed by atoms with Crippen LogP contribution in [0.4, 0.5) is 11.5 Å². The summed E-state index contributed by atoms with van der Waals surface area (Å²) in [6.45, 7) is 7.55. The van der Waals surface area contributed by atoms with E-state index in [0.29, 0.717) is 0 Å². The summed E-state index contributed by atoms with van der Waals surface area (Å²) in [7, 11) is 6.35. The van der Waals surface area contributed by atoms with Crippen LogP contribution in [0.2, 0.25) is 0 Å². The van der Waals surface area contributed by atoms with Crippen LogP contribution in [-0.2, 0) is 13.6 Å². The van der Waals surface area contributed by atoms with Crippen LogP contribution in [0.1, 0.15) is 11.1 Å². The number of anilines is 2. The first-order valence-electron chi connectivity index (χ1n) is 9.69. The molecule has 0 aliphatic carbocycles. The van der Waals surface area contributed by atoms with Crippen molar-refractivity contribution in [3.63, 3.8) is 0 Å². The van der Waals surface area contributed by atoms with Gasteiger partial charge in [-0.05, 0) is 18.6 Å². The van der Waals surface area contributed by atoms with Crippen molar-refractivity contribution < 1.29 is 0 Å². The van der Waals surface area contributed by atoms with Crippen LogP contribution in [0.5, 0.6) is 0 Å². The van der Waals surface area contributed by atoms with E-state index in [-0.39, 0.29) is 0 Å². The largest absolute Gasteiger partial charge is 0.377 e. The lowest BCUT2D eigenvalue weighted by Gasteiger charge is -2.36. The lowest BCUT2D eigenvalue weighted by Crippen LogP contribution is -2.46. The number of hydrogen-bond acceptors (Lipinski definition) is 4. The maximum Gasteiger partial charge on any atom is 0.143 e. The highest BCUT2D eigenvalue weighted by Crippen LogP contribution is 2.36. The molecule has 5 nitrogen and oxygen atoms in total. The van der Waals surface area contributed by atoms with Crippen LogP contribution in [0, 0.1) is 6.92 Å². The van der Waals surface area contributed by atoms with E-state index in [1.165, 1.54) is 28.0 Å². The highest BCUT2D eigenvalue weighted by Gasteiger charge is 2.24. The van der Waals surface area contributed by atoms with Crippen molar-refractivity contribution in [3.05, 3.63) is 53.7 Å². The van der Waals surface area contributed by atoms with E-state index in [4.69, 9.17) is 0 Å². The van der Waals surface area contributed by atoms with Gasteiger partial charge in [0, 0.05) is 76.7 Å². The smallest absolute Gasteiger partial charge is 0.143 e. The average molecular weight is 364 g/mol. The molecule has 2 aromatic heterocycles. The third-order valence-corrected chi connectivity index (χ3v) is 5.66. The minimum absolute atomic E-state index is 1.04. The molecule has 0 radical (unpaired) electrons. The highest BCUT2D eigenvalue weighted by molar-refractivity contribution is 5.97. The fraction of sp³-hybridized carbons (Fsp3) is 0.409. The third kappa shape index (κ3) is 3.28. The zero-order valence-corrected chi connectivity index (χ0v) is 16.8. The van der Waals surface area contributed by atoms with E-state index >= 15 is 0 Å². The Hall–Kier alpha value is -2.53. The maximum absolute atomic E-state index is 4.67. The number of piperazine rings is 1. The Bertz CT molecular complexity index is 921. The van der Waals surface area contributed by atoms with E-state index in [2.05, 4.69) is 88.7 Å². The summed E-state index contributed by atoms with van der Waals surface area (Å²) in [5.41, 5.74) is 5.04. The predicted molar refractivity (Wildman–Crippen MR) is 114 cm³/mol. The number of nitrogens with zero attached hydrogens (tertiary/aromatic N) is 5. The first-order valence-corrected chi connectivity index (χ1v) is 9.69. The first-order chi connectivity index (χ1) is 13.1. The molecule has 0 atom stereocenters. The van der Waals surface area contributed by atoms with E-state index in [1.54, 1.807) is 0 Å². The summed E-state index contributed by atoms with van der Waals surface area (Å²) in [5, 5.41) is 1.27. The van der Waals surface area contributed by atoms with Crippen LogP contribution in [-0.4, -0.2) is 54.7 Å². The van der Waals surface area contributed by atoms with Gasteiger partial charge in [0.25, 0.3) is 0 Å². The number of aromatic nitrogens is 2. The topological polar surface area (TPSA) is 27.5 Å². The standard InChI is InChI=1S/C22H29N5/c1-17-20-19(24(2)3)10-11-23-21(20)25(4)22(17)27-14-12-26(13-15-27)16-18-8-6-5-7-9-18/h5-11H,12-16H2,1-4H3. The summed E-state index contributed by atoms with van der Waals surface area (Å²) >= 11 is 0. The first kappa shape index (κ1) is 17.9. The van der Waals surface area contributed by atoms with Crippen molar-refractivity contribution in [2.45, 2.75) is 13.5 Å². The van der Waals surface area contributed by atoms with Crippen LogP contribution < -0.4 is 9.80 Å². The number of benzene rings is 1. The second-order valence-corrected chi connectivity index (χ2v) is 7.68. The van der Waals surface area contributed by atoms with Gasteiger partial charge in [-0.3, -0.25) is 4.90 Å². The Morgan fingerprint density at radius 1 is 1.00 bits per heavy atom. The molecule has 1 aliphatic heterocycles. The van der Waals surface area contributed by atoms with Gasteiger partial charge >= 0.3 is 0 Å². The van der Waals surface area contributed by atoms with E-state index < -0.39 is 0 Å². The van der Waals surface area contributed by atoms with Gasteiger partial charge in [0.05, 0.1) is 0 Å². The monoisotopic (exact) mass is 363 g/mol. The van der Waals surface area contributed by atoms with Crippen molar-refractivity contribution >= 4 is 22.5 Å². The minimum Gasteiger partial charge on any atom is -0.377 e. The molecule has 27 heavy (non-hydrogen) atoms. The number of fused-ring (bicyclic) bond motifs is 1. The summed E-state index contributed by atoms with van der Waals surface area (Å²) < 4.78 is 2.27. The van der Waals surface area contributed by atoms with Crippen molar-refractivity contribution in [1.82, 2.24) is 14.5 Å².